The van der Waals surface area contributed by atoms with Crippen LogP contribution in [0.4, 0.5) is 11.4 Å². The second-order valence-corrected chi connectivity index (χ2v) is 8.96. The quantitative estimate of drug-likeness (QED) is 0.284. The van der Waals surface area contributed by atoms with Crippen molar-refractivity contribution in [2.24, 2.45) is 0 Å². The third-order valence-electron chi connectivity index (χ3n) is 6.19. The Kier molecular flexibility index (Phi) is 6.70. The molecule has 1 saturated heterocycles. The zero-order chi connectivity index (χ0) is 25.9. The normalized spacial score (nSPS) is 16.8. The minimum absolute atomic E-state index is 0.133. The molecular weight excluding hydrogens is 486 g/mol. The molecule has 9 heteroatoms. The molecule has 1 amide bonds. The molecule has 1 fully saturated rings. The number of thiocarbonyl (C=S) groups is 1. The number of anilines is 2. The van der Waals surface area contributed by atoms with E-state index in [1.165, 1.54) is 14.0 Å². The first-order valence-corrected chi connectivity index (χ1v) is 12.1. The Balaban J connectivity index is 1.61. The van der Waals surface area contributed by atoms with E-state index in [0.717, 1.165) is 22.8 Å². The highest BCUT2D eigenvalue weighted by molar-refractivity contribution is 7.80. The molecule has 2 N–H and O–H groups in total. The fourth-order valence-corrected chi connectivity index (χ4v) is 4.96. The van der Waals surface area contributed by atoms with Crippen LogP contribution in [0.1, 0.15) is 40.8 Å². The summed E-state index contributed by atoms with van der Waals surface area (Å²) in [5, 5.41) is 6.82. The Morgan fingerprint density at radius 1 is 1.00 bits per heavy atom. The molecule has 0 spiro atoms. The standard InChI is InChI=1S/C28H25N5O3S/c1-18(34)30-20-11-13-21(14-12-20)33-26(25(31-28(33)37)23-9-3-4-15-29-23)24-10-6-16-32(24)22-8-5-7-19(17-22)27(35)36-2/h3-17,25-26H,1-2H3,(H,30,34)(H,31,37)/t25-,26+/m1/s1. The number of benzene rings is 2. The minimum atomic E-state index is -0.397. The minimum Gasteiger partial charge on any atom is -0.465 e. The number of rotatable bonds is 6. The summed E-state index contributed by atoms with van der Waals surface area (Å²) in [5.74, 6) is -0.530. The average Bonchev–Trinajstić information content (AvgIpc) is 3.53. The van der Waals surface area contributed by atoms with Crippen molar-refractivity contribution in [3.63, 3.8) is 0 Å². The number of amides is 1. The maximum atomic E-state index is 12.2. The van der Waals surface area contributed by atoms with Gasteiger partial charge in [0.05, 0.1) is 24.4 Å². The number of nitrogens with zero attached hydrogens (tertiary/aromatic N) is 3. The van der Waals surface area contributed by atoms with Crippen LogP contribution in [-0.2, 0) is 9.53 Å². The lowest BCUT2D eigenvalue weighted by Gasteiger charge is -2.29. The van der Waals surface area contributed by atoms with Crippen molar-refractivity contribution in [1.82, 2.24) is 14.9 Å². The van der Waals surface area contributed by atoms with Crippen molar-refractivity contribution in [2.45, 2.75) is 19.0 Å². The zero-order valence-corrected chi connectivity index (χ0v) is 21.1. The molecule has 2 aromatic carbocycles. The van der Waals surface area contributed by atoms with Gasteiger partial charge in [-0.3, -0.25) is 9.78 Å². The van der Waals surface area contributed by atoms with E-state index in [0.29, 0.717) is 16.4 Å². The molecule has 0 bridgehead atoms. The molecule has 3 heterocycles. The van der Waals surface area contributed by atoms with Crippen LogP contribution in [0.15, 0.2) is 91.3 Å². The van der Waals surface area contributed by atoms with Gasteiger partial charge in [0.25, 0.3) is 0 Å². The predicted molar refractivity (Wildman–Crippen MR) is 146 cm³/mol. The first-order valence-electron chi connectivity index (χ1n) is 11.7. The zero-order valence-electron chi connectivity index (χ0n) is 20.3. The lowest BCUT2D eigenvalue weighted by atomic mass is 10.0. The number of hydrogen-bond donors (Lipinski definition) is 2. The maximum Gasteiger partial charge on any atom is 0.337 e. The van der Waals surface area contributed by atoms with Gasteiger partial charge in [0.1, 0.15) is 6.04 Å². The topological polar surface area (TPSA) is 88.5 Å². The van der Waals surface area contributed by atoms with Crippen LogP contribution >= 0.6 is 12.2 Å². The smallest absolute Gasteiger partial charge is 0.337 e. The number of ether oxygens (including phenoxy) is 1. The van der Waals surface area contributed by atoms with E-state index in [1.807, 2.05) is 77.5 Å². The molecule has 1 aliphatic heterocycles. The van der Waals surface area contributed by atoms with Gasteiger partial charge >= 0.3 is 5.97 Å². The van der Waals surface area contributed by atoms with E-state index >= 15 is 0 Å². The van der Waals surface area contributed by atoms with E-state index in [4.69, 9.17) is 17.0 Å². The number of pyridine rings is 1. The first-order chi connectivity index (χ1) is 18.0. The van der Waals surface area contributed by atoms with Gasteiger partial charge in [-0.1, -0.05) is 12.1 Å². The number of esters is 1. The van der Waals surface area contributed by atoms with Crippen molar-refractivity contribution in [3.05, 3.63) is 108 Å². The van der Waals surface area contributed by atoms with E-state index in [9.17, 15) is 9.59 Å². The number of carbonyl (C=O) groups is 2. The number of methoxy groups -OCH3 is 1. The van der Waals surface area contributed by atoms with Crippen LogP contribution < -0.4 is 15.5 Å². The second-order valence-electron chi connectivity index (χ2n) is 8.57. The van der Waals surface area contributed by atoms with Gasteiger partial charge in [-0.25, -0.2) is 4.79 Å². The van der Waals surface area contributed by atoms with Crippen molar-refractivity contribution in [2.75, 3.05) is 17.3 Å². The molecule has 0 unspecified atom stereocenters. The van der Waals surface area contributed by atoms with Gasteiger partial charge in [0.2, 0.25) is 5.91 Å². The predicted octanol–water partition coefficient (Wildman–Crippen LogP) is 4.79. The Hall–Kier alpha value is -4.50. The SMILES string of the molecule is COC(=O)c1cccc(-n2cccc2[C@H]2[C@@H](c3ccccn3)NC(=S)N2c2ccc(NC(C)=O)cc2)c1. The van der Waals surface area contributed by atoms with Gasteiger partial charge in [0.15, 0.2) is 5.11 Å². The van der Waals surface area contributed by atoms with E-state index in [1.54, 1.807) is 18.3 Å². The maximum absolute atomic E-state index is 12.2. The van der Waals surface area contributed by atoms with Crippen LogP contribution in [-0.4, -0.2) is 33.6 Å². The number of hydrogen-bond acceptors (Lipinski definition) is 5. The monoisotopic (exact) mass is 511 g/mol. The Labute approximate surface area is 219 Å². The first kappa shape index (κ1) is 24.2. The largest absolute Gasteiger partial charge is 0.465 e. The second kappa shape index (κ2) is 10.2. The van der Waals surface area contributed by atoms with Crippen molar-refractivity contribution >= 4 is 40.6 Å². The summed E-state index contributed by atoms with van der Waals surface area (Å²) in [4.78, 5) is 30.3. The third kappa shape index (κ3) is 4.81. The van der Waals surface area contributed by atoms with E-state index < -0.39 is 5.97 Å². The summed E-state index contributed by atoms with van der Waals surface area (Å²) in [5.41, 5.74) is 4.66. The summed E-state index contributed by atoms with van der Waals surface area (Å²) in [6.45, 7) is 1.48. The molecule has 2 atom stereocenters. The highest BCUT2D eigenvalue weighted by Gasteiger charge is 2.42. The summed E-state index contributed by atoms with van der Waals surface area (Å²) in [7, 11) is 1.37. The van der Waals surface area contributed by atoms with Gasteiger partial charge in [-0.15, -0.1) is 0 Å². The van der Waals surface area contributed by atoms with Crippen molar-refractivity contribution < 1.29 is 14.3 Å². The van der Waals surface area contributed by atoms with Crippen molar-refractivity contribution in [3.8, 4) is 5.69 Å². The Bertz CT molecular complexity index is 1450. The molecular formula is C28H25N5O3S. The van der Waals surface area contributed by atoms with Gasteiger partial charge in [-0.2, -0.15) is 0 Å². The molecule has 4 aromatic rings. The molecule has 1 aliphatic rings. The number of aromatic nitrogens is 2. The van der Waals surface area contributed by atoms with Crippen molar-refractivity contribution in [1.29, 1.82) is 0 Å². The number of carbonyl (C=O) groups excluding carboxylic acids is 2. The molecule has 0 saturated carbocycles. The molecule has 8 nitrogen and oxygen atoms in total. The summed E-state index contributed by atoms with van der Waals surface area (Å²) in [6, 6.07) is 24.2. The van der Waals surface area contributed by atoms with E-state index in [2.05, 4.69) is 20.5 Å². The van der Waals surface area contributed by atoms with Crippen LogP contribution in [0.5, 0.6) is 0 Å². The van der Waals surface area contributed by atoms with Gasteiger partial charge < -0.3 is 24.8 Å². The number of nitrogens with one attached hydrogen (secondary N) is 2. The fraction of sp³-hybridized carbons (Fsp3) is 0.143. The Morgan fingerprint density at radius 3 is 2.51 bits per heavy atom. The highest BCUT2D eigenvalue weighted by atomic mass is 32.1. The van der Waals surface area contributed by atoms with Crippen LogP contribution in [0.2, 0.25) is 0 Å². The molecule has 5 rings (SSSR count). The van der Waals surface area contributed by atoms with Crippen LogP contribution in [0.25, 0.3) is 5.69 Å². The van der Waals surface area contributed by atoms with Gasteiger partial charge in [0, 0.05) is 42.1 Å². The Morgan fingerprint density at radius 2 is 1.81 bits per heavy atom. The summed E-state index contributed by atoms with van der Waals surface area (Å²) >= 11 is 5.83. The van der Waals surface area contributed by atoms with Gasteiger partial charge in [-0.05, 0) is 78.9 Å². The highest BCUT2D eigenvalue weighted by Crippen LogP contribution is 2.42. The average molecular weight is 512 g/mol. The van der Waals surface area contributed by atoms with Crippen LogP contribution in [0.3, 0.4) is 0 Å². The lowest BCUT2D eigenvalue weighted by molar-refractivity contribution is -0.114. The molecule has 0 radical (unpaired) electrons. The van der Waals surface area contributed by atoms with Crippen LogP contribution in [0, 0.1) is 0 Å². The fourth-order valence-electron chi connectivity index (χ4n) is 4.61. The molecule has 186 valence electrons. The molecule has 2 aromatic heterocycles. The molecule has 37 heavy (non-hydrogen) atoms. The molecule has 0 aliphatic carbocycles. The summed E-state index contributed by atoms with van der Waals surface area (Å²) in [6.07, 6.45) is 3.72. The summed E-state index contributed by atoms with van der Waals surface area (Å²) < 4.78 is 6.96. The van der Waals surface area contributed by atoms with E-state index in [-0.39, 0.29) is 18.0 Å². The lowest BCUT2D eigenvalue weighted by Crippen LogP contribution is -2.30. The third-order valence-corrected chi connectivity index (χ3v) is 6.51.